The second-order valence-corrected chi connectivity index (χ2v) is 6.59. The Morgan fingerprint density at radius 1 is 1.30 bits per heavy atom. The number of rotatable bonds is 8. The molecule has 0 saturated heterocycles. The van der Waals surface area contributed by atoms with Crippen molar-refractivity contribution in [3.63, 3.8) is 0 Å². The average Bonchev–Trinajstić information content (AvgIpc) is 3.04. The van der Waals surface area contributed by atoms with Crippen LogP contribution in [-0.2, 0) is 11.3 Å². The van der Waals surface area contributed by atoms with Gasteiger partial charge in [-0.25, -0.2) is 5.48 Å². The molecule has 2 amide bonds. The van der Waals surface area contributed by atoms with Crippen LogP contribution in [0.25, 0.3) is 0 Å². The van der Waals surface area contributed by atoms with Crippen LogP contribution < -0.4 is 20.7 Å². The third-order valence-corrected chi connectivity index (χ3v) is 4.75. The number of nitrogens with one attached hydrogen (secondary N) is 1. The number of nitrogen functional groups attached to an aromatic ring is 1. The van der Waals surface area contributed by atoms with Gasteiger partial charge in [-0.1, -0.05) is 18.2 Å². The highest BCUT2D eigenvalue weighted by Crippen LogP contribution is 2.39. The van der Waals surface area contributed by atoms with E-state index in [2.05, 4.69) is 4.74 Å². The second-order valence-electron chi connectivity index (χ2n) is 6.59. The fourth-order valence-corrected chi connectivity index (χ4v) is 3.49. The third kappa shape index (κ3) is 4.28. The topological polar surface area (TPSA) is 114 Å². The van der Waals surface area contributed by atoms with E-state index in [1.807, 2.05) is 0 Å². The largest absolute Gasteiger partial charge is 0.490 e. The summed E-state index contributed by atoms with van der Waals surface area (Å²) in [6, 6.07) is 8.49. The van der Waals surface area contributed by atoms with Crippen molar-refractivity contribution in [3.05, 3.63) is 53.1 Å². The van der Waals surface area contributed by atoms with Crippen molar-refractivity contribution < 1.29 is 33.1 Å². The van der Waals surface area contributed by atoms with Crippen molar-refractivity contribution in [3.8, 4) is 11.5 Å². The zero-order valence-corrected chi connectivity index (χ0v) is 16.1. The molecule has 1 heterocycles. The SMILES string of the molecule is CCOc1cc(C(CC(=O)NO)N2Cc3cccc(N)c3C2=O)ccc1OC(F)F. The predicted molar refractivity (Wildman–Crippen MR) is 102 cm³/mol. The van der Waals surface area contributed by atoms with Gasteiger partial charge in [0.1, 0.15) is 0 Å². The molecule has 30 heavy (non-hydrogen) atoms. The highest BCUT2D eigenvalue weighted by molar-refractivity contribution is 6.03. The van der Waals surface area contributed by atoms with E-state index in [9.17, 15) is 18.4 Å². The summed E-state index contributed by atoms with van der Waals surface area (Å²) in [4.78, 5) is 26.4. The summed E-state index contributed by atoms with van der Waals surface area (Å²) in [5.74, 6) is -1.21. The Kier molecular flexibility index (Phi) is 6.36. The minimum atomic E-state index is -3.04. The number of ether oxygens (including phenoxy) is 2. The first kappa shape index (κ1) is 21.3. The molecule has 10 heteroatoms. The summed E-state index contributed by atoms with van der Waals surface area (Å²) in [6.45, 7) is -0.973. The van der Waals surface area contributed by atoms with E-state index in [0.717, 1.165) is 0 Å². The predicted octanol–water partition coefficient (Wildman–Crippen LogP) is 2.86. The van der Waals surface area contributed by atoms with Gasteiger partial charge in [-0.3, -0.25) is 14.8 Å². The number of nitrogens with two attached hydrogens (primary N) is 1. The maximum Gasteiger partial charge on any atom is 0.387 e. The van der Waals surface area contributed by atoms with Crippen molar-refractivity contribution in [2.45, 2.75) is 32.5 Å². The highest BCUT2D eigenvalue weighted by Gasteiger charge is 2.36. The lowest BCUT2D eigenvalue weighted by Gasteiger charge is -2.28. The Balaban J connectivity index is 2.01. The van der Waals surface area contributed by atoms with Gasteiger partial charge in [0.15, 0.2) is 11.5 Å². The van der Waals surface area contributed by atoms with E-state index in [4.69, 9.17) is 15.7 Å². The van der Waals surface area contributed by atoms with Crippen LogP contribution in [-0.4, -0.2) is 35.1 Å². The van der Waals surface area contributed by atoms with Crippen molar-refractivity contribution in [1.29, 1.82) is 0 Å². The molecule has 8 nitrogen and oxygen atoms in total. The molecular formula is C20H21F2N3O5. The Morgan fingerprint density at radius 2 is 2.07 bits per heavy atom. The van der Waals surface area contributed by atoms with Crippen molar-refractivity contribution >= 4 is 17.5 Å². The molecular weight excluding hydrogens is 400 g/mol. The molecule has 1 unspecified atom stereocenters. The van der Waals surface area contributed by atoms with Gasteiger partial charge < -0.3 is 20.1 Å². The van der Waals surface area contributed by atoms with E-state index < -0.39 is 18.6 Å². The highest BCUT2D eigenvalue weighted by atomic mass is 19.3. The molecule has 0 spiro atoms. The van der Waals surface area contributed by atoms with Crippen molar-refractivity contribution in [1.82, 2.24) is 10.4 Å². The second kappa shape index (κ2) is 8.95. The van der Waals surface area contributed by atoms with Crippen LogP contribution in [0.5, 0.6) is 11.5 Å². The van der Waals surface area contributed by atoms with E-state index in [0.29, 0.717) is 22.4 Å². The lowest BCUT2D eigenvalue weighted by Crippen LogP contribution is -2.33. The Bertz CT molecular complexity index is 954. The maximum absolute atomic E-state index is 13.0. The first-order chi connectivity index (χ1) is 14.3. The number of hydroxylamine groups is 1. The Morgan fingerprint density at radius 3 is 2.70 bits per heavy atom. The summed E-state index contributed by atoms with van der Waals surface area (Å²) in [6.07, 6.45) is -0.267. The van der Waals surface area contributed by atoms with Gasteiger partial charge in [-0.2, -0.15) is 8.78 Å². The fourth-order valence-electron chi connectivity index (χ4n) is 3.49. The van der Waals surface area contributed by atoms with Crippen molar-refractivity contribution in [2.75, 3.05) is 12.3 Å². The number of anilines is 1. The Hall–Kier alpha value is -3.40. The smallest absolute Gasteiger partial charge is 0.387 e. The first-order valence-corrected chi connectivity index (χ1v) is 9.18. The summed E-state index contributed by atoms with van der Waals surface area (Å²) in [5.41, 5.74) is 9.33. The number of hydrogen-bond donors (Lipinski definition) is 3. The number of fused-ring (bicyclic) bond motifs is 1. The van der Waals surface area contributed by atoms with Crippen molar-refractivity contribution in [2.24, 2.45) is 0 Å². The van der Waals surface area contributed by atoms with Gasteiger partial charge in [0, 0.05) is 12.2 Å². The molecule has 2 aromatic carbocycles. The molecule has 1 aliphatic heterocycles. The van der Waals surface area contributed by atoms with E-state index in [1.165, 1.54) is 23.1 Å². The molecule has 160 valence electrons. The average molecular weight is 421 g/mol. The van der Waals surface area contributed by atoms with E-state index in [1.54, 1.807) is 30.6 Å². The zero-order chi connectivity index (χ0) is 21.8. The molecule has 0 fully saturated rings. The minimum Gasteiger partial charge on any atom is -0.490 e. The quantitative estimate of drug-likeness (QED) is 0.343. The van der Waals surface area contributed by atoms with Gasteiger partial charge in [0.2, 0.25) is 5.91 Å². The third-order valence-electron chi connectivity index (χ3n) is 4.75. The first-order valence-electron chi connectivity index (χ1n) is 9.18. The summed E-state index contributed by atoms with van der Waals surface area (Å²) < 4.78 is 35.2. The monoisotopic (exact) mass is 421 g/mol. The summed E-state index contributed by atoms with van der Waals surface area (Å²) in [5, 5.41) is 8.99. The van der Waals surface area contributed by atoms with Crippen LogP contribution in [0.3, 0.4) is 0 Å². The summed E-state index contributed by atoms with van der Waals surface area (Å²) >= 11 is 0. The zero-order valence-electron chi connectivity index (χ0n) is 16.1. The molecule has 4 N–H and O–H groups in total. The van der Waals surface area contributed by atoms with Crippen LogP contribution in [0.2, 0.25) is 0 Å². The van der Waals surface area contributed by atoms with Crippen LogP contribution in [0.4, 0.5) is 14.5 Å². The number of benzene rings is 2. The lowest BCUT2D eigenvalue weighted by atomic mass is 10.0. The lowest BCUT2D eigenvalue weighted by molar-refractivity contribution is -0.130. The van der Waals surface area contributed by atoms with Gasteiger partial charge in [0.05, 0.1) is 24.6 Å². The molecule has 1 atom stereocenters. The fraction of sp³-hybridized carbons (Fsp3) is 0.300. The number of alkyl halides is 2. The van der Waals surface area contributed by atoms with Crippen LogP contribution >= 0.6 is 0 Å². The van der Waals surface area contributed by atoms with Crippen LogP contribution in [0.1, 0.15) is 40.9 Å². The van der Waals surface area contributed by atoms with Crippen LogP contribution in [0.15, 0.2) is 36.4 Å². The number of hydrogen-bond acceptors (Lipinski definition) is 6. The number of amides is 2. The molecule has 0 saturated carbocycles. The molecule has 0 aliphatic carbocycles. The number of nitrogens with zero attached hydrogens (tertiary/aromatic N) is 1. The molecule has 0 bridgehead atoms. The standard InChI is InChI=1S/C20H21F2N3O5/c1-2-29-16-8-11(6-7-15(16)30-20(21)22)14(9-17(26)24-28)25-10-12-4-3-5-13(23)18(12)19(25)27/h3-8,14,20,28H,2,9-10,23H2,1H3,(H,24,26). The van der Waals surface area contributed by atoms with E-state index in [-0.39, 0.29) is 37.0 Å². The van der Waals surface area contributed by atoms with Gasteiger partial charge >= 0.3 is 6.61 Å². The van der Waals surface area contributed by atoms with Gasteiger partial charge in [0.25, 0.3) is 5.91 Å². The minimum absolute atomic E-state index is 0.0494. The van der Waals surface area contributed by atoms with Gasteiger partial charge in [-0.15, -0.1) is 0 Å². The maximum atomic E-state index is 13.0. The molecule has 0 aromatic heterocycles. The molecule has 1 aliphatic rings. The number of carbonyl (C=O) groups is 2. The molecule has 0 radical (unpaired) electrons. The molecule has 2 aromatic rings. The van der Waals surface area contributed by atoms with E-state index >= 15 is 0 Å². The molecule has 3 rings (SSSR count). The Labute approximate surface area is 171 Å². The normalized spacial score (nSPS) is 13.9. The summed E-state index contributed by atoms with van der Waals surface area (Å²) in [7, 11) is 0. The van der Waals surface area contributed by atoms with Gasteiger partial charge in [-0.05, 0) is 36.2 Å². The number of halogens is 2. The number of carbonyl (C=O) groups excluding carboxylic acids is 2. The van der Waals surface area contributed by atoms with Crippen LogP contribution in [0, 0.1) is 0 Å².